The largest absolute Gasteiger partial charge is 0.359 e. The average molecular weight is 149 g/mol. The molecule has 1 aliphatic heterocycles. The van der Waals surface area contributed by atoms with E-state index in [0.29, 0.717) is 5.92 Å². The van der Waals surface area contributed by atoms with E-state index in [0.717, 1.165) is 5.70 Å². The third-order valence-electron chi connectivity index (χ3n) is 1.87. The molecular weight excluding hydrogens is 134 g/mol. The molecule has 1 heteroatoms. The van der Waals surface area contributed by atoms with Crippen LogP contribution in [0.25, 0.3) is 0 Å². The minimum Gasteiger partial charge on any atom is -0.359 e. The maximum Gasteiger partial charge on any atom is 0.0308 e. The van der Waals surface area contributed by atoms with Gasteiger partial charge in [0.2, 0.25) is 0 Å². The minimum atomic E-state index is 0.590. The lowest BCUT2D eigenvalue weighted by atomic mass is 9.98. The molecule has 1 rings (SSSR count). The van der Waals surface area contributed by atoms with Crippen LogP contribution in [0.4, 0.5) is 0 Å². The fourth-order valence-corrected chi connectivity index (χ4v) is 1.30. The summed E-state index contributed by atoms with van der Waals surface area (Å²) in [6.07, 6.45) is 4.15. The zero-order valence-electron chi connectivity index (χ0n) is 7.44. The van der Waals surface area contributed by atoms with Gasteiger partial charge in [0.25, 0.3) is 0 Å². The topological polar surface area (TPSA) is 12.0 Å². The molecule has 60 valence electrons. The average Bonchev–Trinajstić information content (AvgIpc) is 1.85. The lowest BCUT2D eigenvalue weighted by molar-refractivity contribution is 0.755. The lowest BCUT2D eigenvalue weighted by Crippen LogP contribution is -2.15. The van der Waals surface area contributed by atoms with Crippen LogP contribution in [0.1, 0.15) is 20.8 Å². The normalized spacial score (nSPS) is 17.6. The SMILES string of the molecule is C=C1C=CC(C(C)C)=C(C)N1. The summed E-state index contributed by atoms with van der Waals surface area (Å²) in [7, 11) is 0. The zero-order valence-corrected chi connectivity index (χ0v) is 7.44. The smallest absolute Gasteiger partial charge is 0.0308 e. The molecule has 0 unspecified atom stereocenters. The van der Waals surface area contributed by atoms with Gasteiger partial charge in [0.05, 0.1) is 0 Å². The summed E-state index contributed by atoms with van der Waals surface area (Å²) in [6.45, 7) is 10.3. The molecule has 1 nitrogen and oxygen atoms in total. The first-order valence-electron chi connectivity index (χ1n) is 3.96. The van der Waals surface area contributed by atoms with Crippen molar-refractivity contribution in [1.82, 2.24) is 5.32 Å². The summed E-state index contributed by atoms with van der Waals surface area (Å²) in [5.74, 6) is 0.590. The molecular formula is C10H15N. The third-order valence-corrected chi connectivity index (χ3v) is 1.87. The molecule has 11 heavy (non-hydrogen) atoms. The first kappa shape index (κ1) is 8.12. The van der Waals surface area contributed by atoms with Gasteiger partial charge in [-0.15, -0.1) is 0 Å². The second-order valence-electron chi connectivity index (χ2n) is 3.22. The summed E-state index contributed by atoms with van der Waals surface area (Å²) in [5, 5.41) is 3.21. The Morgan fingerprint density at radius 3 is 2.45 bits per heavy atom. The number of dihydropyridines is 1. The second kappa shape index (κ2) is 2.95. The minimum absolute atomic E-state index is 0.590. The standard InChI is InChI=1S/C10H15N/c1-7(2)10-6-5-8(3)11-9(10)4/h5-7,11H,3H2,1-2,4H3. The molecule has 0 atom stereocenters. The molecule has 0 aromatic heterocycles. The summed E-state index contributed by atoms with van der Waals surface area (Å²) in [6, 6.07) is 0. The predicted octanol–water partition coefficient (Wildman–Crippen LogP) is 2.59. The lowest BCUT2D eigenvalue weighted by Gasteiger charge is -2.18. The molecule has 1 aliphatic rings. The van der Waals surface area contributed by atoms with Crippen molar-refractivity contribution < 1.29 is 0 Å². The Hall–Kier alpha value is -0.980. The van der Waals surface area contributed by atoms with Gasteiger partial charge in [0.1, 0.15) is 0 Å². The summed E-state index contributed by atoms with van der Waals surface area (Å²) < 4.78 is 0. The third kappa shape index (κ3) is 1.73. The highest BCUT2D eigenvalue weighted by atomic mass is 14.9. The summed E-state index contributed by atoms with van der Waals surface area (Å²) >= 11 is 0. The van der Waals surface area contributed by atoms with Gasteiger partial charge in [-0.05, 0) is 24.5 Å². The van der Waals surface area contributed by atoms with Crippen LogP contribution in [-0.2, 0) is 0 Å². The quantitative estimate of drug-likeness (QED) is 0.604. The van der Waals surface area contributed by atoms with Crippen LogP contribution < -0.4 is 5.32 Å². The van der Waals surface area contributed by atoms with Crippen LogP contribution >= 0.6 is 0 Å². The predicted molar refractivity (Wildman–Crippen MR) is 49.0 cm³/mol. The highest BCUT2D eigenvalue weighted by molar-refractivity contribution is 5.37. The monoisotopic (exact) mass is 149 g/mol. The van der Waals surface area contributed by atoms with Crippen molar-refractivity contribution in [3.8, 4) is 0 Å². The van der Waals surface area contributed by atoms with Gasteiger partial charge in [0, 0.05) is 11.4 Å². The van der Waals surface area contributed by atoms with Crippen LogP contribution in [0.2, 0.25) is 0 Å². The van der Waals surface area contributed by atoms with Crippen molar-refractivity contribution in [2.75, 3.05) is 0 Å². The van der Waals surface area contributed by atoms with E-state index in [4.69, 9.17) is 0 Å². The van der Waals surface area contributed by atoms with Gasteiger partial charge in [0.15, 0.2) is 0 Å². The van der Waals surface area contributed by atoms with Crippen LogP contribution in [0.5, 0.6) is 0 Å². The molecule has 0 amide bonds. The molecule has 0 radical (unpaired) electrons. The highest BCUT2D eigenvalue weighted by Gasteiger charge is 2.07. The molecule has 0 aliphatic carbocycles. The summed E-state index contributed by atoms with van der Waals surface area (Å²) in [4.78, 5) is 0. The van der Waals surface area contributed by atoms with E-state index < -0.39 is 0 Å². The van der Waals surface area contributed by atoms with Gasteiger partial charge >= 0.3 is 0 Å². The van der Waals surface area contributed by atoms with E-state index in [1.54, 1.807) is 0 Å². The second-order valence-corrected chi connectivity index (χ2v) is 3.22. The Bertz CT molecular complexity index is 231. The van der Waals surface area contributed by atoms with Gasteiger partial charge < -0.3 is 5.32 Å². The number of hydrogen-bond donors (Lipinski definition) is 1. The first-order valence-corrected chi connectivity index (χ1v) is 3.96. The Morgan fingerprint density at radius 2 is 2.00 bits per heavy atom. The van der Waals surface area contributed by atoms with Crippen molar-refractivity contribution >= 4 is 0 Å². The first-order chi connectivity index (χ1) is 5.11. The molecule has 0 spiro atoms. The number of rotatable bonds is 1. The molecule has 0 fully saturated rings. The maximum atomic E-state index is 3.83. The van der Waals surface area contributed by atoms with E-state index in [1.807, 2.05) is 6.08 Å². The Labute approximate surface area is 68.5 Å². The molecule has 0 aromatic carbocycles. The van der Waals surface area contributed by atoms with Crippen molar-refractivity contribution in [1.29, 1.82) is 0 Å². The van der Waals surface area contributed by atoms with Gasteiger partial charge in [-0.3, -0.25) is 0 Å². The number of hydrogen-bond acceptors (Lipinski definition) is 1. The van der Waals surface area contributed by atoms with Crippen molar-refractivity contribution in [2.45, 2.75) is 20.8 Å². The van der Waals surface area contributed by atoms with Gasteiger partial charge in [-0.2, -0.15) is 0 Å². The number of nitrogens with one attached hydrogen (secondary N) is 1. The van der Waals surface area contributed by atoms with Crippen LogP contribution in [0.15, 0.2) is 35.7 Å². The molecule has 1 heterocycles. The van der Waals surface area contributed by atoms with Crippen LogP contribution in [-0.4, -0.2) is 0 Å². The van der Waals surface area contributed by atoms with E-state index in [2.05, 4.69) is 38.7 Å². The maximum absolute atomic E-state index is 3.83. The fourth-order valence-electron chi connectivity index (χ4n) is 1.30. The van der Waals surface area contributed by atoms with E-state index in [9.17, 15) is 0 Å². The van der Waals surface area contributed by atoms with Crippen molar-refractivity contribution in [3.05, 3.63) is 35.7 Å². The number of allylic oxidation sites excluding steroid dienone is 4. The van der Waals surface area contributed by atoms with E-state index in [-0.39, 0.29) is 0 Å². The van der Waals surface area contributed by atoms with E-state index >= 15 is 0 Å². The molecule has 0 bridgehead atoms. The summed E-state index contributed by atoms with van der Waals surface area (Å²) in [5.41, 5.74) is 3.58. The van der Waals surface area contributed by atoms with Crippen molar-refractivity contribution in [3.63, 3.8) is 0 Å². The van der Waals surface area contributed by atoms with Crippen LogP contribution in [0.3, 0.4) is 0 Å². The Balaban J connectivity index is 2.88. The van der Waals surface area contributed by atoms with Gasteiger partial charge in [-0.25, -0.2) is 0 Å². The van der Waals surface area contributed by atoms with E-state index in [1.165, 1.54) is 11.3 Å². The molecule has 1 N–H and O–H groups in total. The Morgan fingerprint density at radius 1 is 1.36 bits per heavy atom. The van der Waals surface area contributed by atoms with Gasteiger partial charge in [-0.1, -0.05) is 26.5 Å². The van der Waals surface area contributed by atoms with Crippen molar-refractivity contribution in [2.24, 2.45) is 5.92 Å². The highest BCUT2D eigenvalue weighted by Crippen LogP contribution is 2.19. The molecule has 0 saturated heterocycles. The van der Waals surface area contributed by atoms with Crippen LogP contribution in [0, 0.1) is 5.92 Å². The molecule has 0 aromatic rings. The molecule has 0 saturated carbocycles. The zero-order chi connectivity index (χ0) is 8.43. The Kier molecular flexibility index (Phi) is 2.18. The fraction of sp³-hybridized carbons (Fsp3) is 0.400.